The molecule has 6 N–H and O–H groups in total. The van der Waals surface area contributed by atoms with Gasteiger partial charge < -0.3 is 35.4 Å². The van der Waals surface area contributed by atoms with E-state index in [1.165, 1.54) is 0 Å². The van der Waals surface area contributed by atoms with Gasteiger partial charge in [-0.05, 0) is 12.5 Å². The van der Waals surface area contributed by atoms with Crippen molar-refractivity contribution in [1.29, 1.82) is 0 Å². The Bertz CT molecular complexity index is 998. The highest BCUT2D eigenvalue weighted by Crippen LogP contribution is 2.34. The molecule has 1 saturated heterocycles. The Hall–Kier alpha value is -2.73. The molecule has 1 aromatic rings. The van der Waals surface area contributed by atoms with Crippen LogP contribution in [-0.4, -0.2) is 104 Å². The normalized spacial score (nSPS) is 26.6. The molecule has 0 aliphatic carbocycles. The molecule has 0 radical (unpaired) electrons. The van der Waals surface area contributed by atoms with Crippen LogP contribution in [0, 0.1) is 10.1 Å². The van der Waals surface area contributed by atoms with Crippen molar-refractivity contribution >= 4 is 27.6 Å². The van der Waals surface area contributed by atoms with Gasteiger partial charge in [-0.2, -0.15) is 4.31 Å². The van der Waals surface area contributed by atoms with Crippen LogP contribution in [0.15, 0.2) is 29.2 Å². The SMILES string of the molecule is O=C(O)CC[C@@H](C(=O)O)N(C1O[C@H](CO)[C@@H](O)[C@H](O)[C@H]1O)S(=O)(=O)c1ccccc1[N+](=O)[O-]. The molecular formula is C17H22N2O13S. The molecule has 184 valence electrons. The summed E-state index contributed by atoms with van der Waals surface area (Å²) in [5, 5.41) is 69.9. The number of hydrogen-bond acceptors (Lipinski definition) is 11. The van der Waals surface area contributed by atoms with E-state index in [1.54, 1.807) is 0 Å². The summed E-state index contributed by atoms with van der Waals surface area (Å²) in [6.07, 6.45) is -11.9. The van der Waals surface area contributed by atoms with Crippen molar-refractivity contribution < 1.29 is 58.3 Å². The van der Waals surface area contributed by atoms with Crippen LogP contribution in [0.2, 0.25) is 0 Å². The van der Waals surface area contributed by atoms with Crippen molar-refractivity contribution in [2.24, 2.45) is 0 Å². The number of nitro benzene ring substituents is 1. The molecule has 0 amide bonds. The van der Waals surface area contributed by atoms with Gasteiger partial charge in [-0.15, -0.1) is 0 Å². The van der Waals surface area contributed by atoms with E-state index in [0.717, 1.165) is 24.3 Å². The van der Waals surface area contributed by atoms with Crippen molar-refractivity contribution in [2.75, 3.05) is 6.61 Å². The molecule has 1 aliphatic rings. The maximum atomic E-state index is 13.5. The maximum Gasteiger partial charge on any atom is 0.322 e. The number of aliphatic carboxylic acids is 2. The Morgan fingerprint density at radius 1 is 1.12 bits per heavy atom. The van der Waals surface area contributed by atoms with E-state index in [1.807, 2.05) is 0 Å². The van der Waals surface area contributed by atoms with Crippen molar-refractivity contribution in [3.63, 3.8) is 0 Å². The molecule has 0 aromatic heterocycles. The predicted octanol–water partition coefficient (Wildman–Crippen LogP) is -2.30. The van der Waals surface area contributed by atoms with Gasteiger partial charge in [-0.1, -0.05) is 12.1 Å². The molecule has 1 aliphatic heterocycles. The molecule has 33 heavy (non-hydrogen) atoms. The zero-order valence-corrected chi connectivity index (χ0v) is 17.6. The molecule has 1 unspecified atom stereocenters. The van der Waals surface area contributed by atoms with E-state index in [9.17, 15) is 53.7 Å². The first-order chi connectivity index (χ1) is 15.3. The lowest BCUT2D eigenvalue weighted by molar-refractivity contribution is -0.387. The Labute approximate surface area is 186 Å². The Morgan fingerprint density at radius 2 is 1.73 bits per heavy atom. The summed E-state index contributed by atoms with van der Waals surface area (Å²) in [6.45, 7) is -0.978. The summed E-state index contributed by atoms with van der Waals surface area (Å²) in [5.74, 6) is -3.37. The third-order valence-corrected chi connectivity index (χ3v) is 6.88. The van der Waals surface area contributed by atoms with Crippen LogP contribution < -0.4 is 0 Å². The van der Waals surface area contributed by atoms with Gasteiger partial charge in [0.15, 0.2) is 11.1 Å². The minimum atomic E-state index is -5.22. The van der Waals surface area contributed by atoms with Gasteiger partial charge in [0.1, 0.15) is 30.5 Å². The zero-order valence-electron chi connectivity index (χ0n) is 16.7. The summed E-state index contributed by atoms with van der Waals surface area (Å²) < 4.78 is 32.2. The Morgan fingerprint density at radius 3 is 2.24 bits per heavy atom. The molecule has 0 bridgehead atoms. The van der Waals surface area contributed by atoms with Gasteiger partial charge in [0, 0.05) is 12.5 Å². The minimum Gasteiger partial charge on any atom is -0.481 e. The van der Waals surface area contributed by atoms with E-state index in [0.29, 0.717) is 0 Å². The Kier molecular flexibility index (Phi) is 8.41. The summed E-state index contributed by atoms with van der Waals surface area (Å²) in [4.78, 5) is 32.3. The standard InChI is InChI=1S/C17H22N2O13S/c20-7-10-13(23)14(24)15(25)16(32-10)18(9(17(26)27)5-6-12(21)22)33(30,31)11-4-2-1-3-8(11)19(28)29/h1-4,9-10,13-16,20,23-25H,5-7H2,(H,21,22)(H,26,27)/t9-,10+,13+,14-,15+,16?/m0/s1. The van der Waals surface area contributed by atoms with Crippen LogP contribution in [0.5, 0.6) is 0 Å². The van der Waals surface area contributed by atoms with Crippen molar-refractivity contribution in [3.05, 3.63) is 34.4 Å². The first-order valence-electron chi connectivity index (χ1n) is 9.36. The molecule has 1 aromatic carbocycles. The number of carbonyl (C=O) groups is 2. The number of benzene rings is 1. The monoisotopic (exact) mass is 494 g/mol. The second-order valence-electron chi connectivity index (χ2n) is 7.07. The van der Waals surface area contributed by atoms with Gasteiger partial charge in [-0.25, -0.2) is 8.42 Å². The highest BCUT2D eigenvalue weighted by Gasteiger charge is 2.53. The molecule has 16 heteroatoms. The van der Waals surface area contributed by atoms with E-state index >= 15 is 0 Å². The average Bonchev–Trinajstić information content (AvgIpc) is 2.75. The maximum absolute atomic E-state index is 13.5. The first kappa shape index (κ1) is 26.5. The van der Waals surface area contributed by atoms with Crippen molar-refractivity contribution in [3.8, 4) is 0 Å². The smallest absolute Gasteiger partial charge is 0.322 e. The number of nitrogens with zero attached hydrogens (tertiary/aromatic N) is 2. The van der Waals surface area contributed by atoms with Gasteiger partial charge >= 0.3 is 11.9 Å². The topological polar surface area (TPSA) is 245 Å². The molecule has 1 heterocycles. The van der Waals surface area contributed by atoms with Crippen LogP contribution in [0.1, 0.15) is 12.8 Å². The molecule has 1 fully saturated rings. The van der Waals surface area contributed by atoms with Crippen molar-refractivity contribution in [1.82, 2.24) is 4.31 Å². The first-order valence-corrected chi connectivity index (χ1v) is 10.8. The number of para-hydroxylation sites is 1. The highest BCUT2D eigenvalue weighted by atomic mass is 32.2. The zero-order chi connectivity index (χ0) is 25.1. The van der Waals surface area contributed by atoms with Crippen molar-refractivity contribution in [2.45, 2.75) is 54.4 Å². The van der Waals surface area contributed by atoms with Crippen LogP contribution in [-0.2, 0) is 24.3 Å². The fourth-order valence-electron chi connectivity index (χ4n) is 3.33. The van der Waals surface area contributed by atoms with Crippen LogP contribution >= 0.6 is 0 Å². The number of aliphatic hydroxyl groups excluding tert-OH is 4. The van der Waals surface area contributed by atoms with E-state index in [4.69, 9.17) is 9.84 Å². The number of rotatable bonds is 10. The number of carboxylic acid groups (broad SMARTS) is 2. The summed E-state index contributed by atoms with van der Waals surface area (Å²) >= 11 is 0. The minimum absolute atomic E-state index is 0.00301. The lowest BCUT2D eigenvalue weighted by Crippen LogP contribution is -2.66. The van der Waals surface area contributed by atoms with E-state index < -0.39 is 93.6 Å². The number of hydrogen-bond donors (Lipinski definition) is 6. The van der Waals surface area contributed by atoms with Gasteiger partial charge in [-0.3, -0.25) is 19.7 Å². The molecule has 0 spiro atoms. The summed E-state index contributed by atoms with van der Waals surface area (Å²) in [5.41, 5.74) is -0.950. The quantitative estimate of drug-likeness (QED) is 0.148. The molecule has 6 atom stereocenters. The second-order valence-corrected chi connectivity index (χ2v) is 8.88. The number of carboxylic acids is 2. The van der Waals surface area contributed by atoms with Gasteiger partial charge in [0.05, 0.1) is 11.5 Å². The summed E-state index contributed by atoms with van der Waals surface area (Å²) in [6, 6.07) is 1.64. The van der Waals surface area contributed by atoms with Gasteiger partial charge in [0.2, 0.25) is 0 Å². The third-order valence-electron chi connectivity index (χ3n) is 4.96. The van der Waals surface area contributed by atoms with E-state index in [2.05, 4.69) is 0 Å². The average molecular weight is 494 g/mol. The summed E-state index contributed by atoms with van der Waals surface area (Å²) in [7, 11) is -5.22. The number of ether oxygens (including phenoxy) is 1. The lowest BCUT2D eigenvalue weighted by Gasteiger charge is -2.45. The largest absolute Gasteiger partial charge is 0.481 e. The third kappa shape index (κ3) is 5.44. The highest BCUT2D eigenvalue weighted by molar-refractivity contribution is 7.89. The molecule has 2 rings (SSSR count). The molecular weight excluding hydrogens is 472 g/mol. The number of sulfonamides is 1. The van der Waals surface area contributed by atoms with E-state index in [-0.39, 0.29) is 4.31 Å². The van der Waals surface area contributed by atoms with Crippen LogP contribution in [0.3, 0.4) is 0 Å². The fraction of sp³-hybridized carbons (Fsp3) is 0.529. The van der Waals surface area contributed by atoms with Gasteiger partial charge in [0.25, 0.3) is 15.7 Å². The Balaban J connectivity index is 2.73. The fourth-order valence-corrected chi connectivity index (χ4v) is 5.20. The van der Waals surface area contributed by atoms with Crippen LogP contribution in [0.4, 0.5) is 5.69 Å². The predicted molar refractivity (Wildman–Crippen MR) is 104 cm³/mol. The lowest BCUT2D eigenvalue weighted by atomic mass is 9.97. The number of aliphatic hydroxyl groups is 4. The van der Waals surface area contributed by atoms with Crippen LogP contribution in [0.25, 0.3) is 0 Å². The second kappa shape index (κ2) is 10.5. The number of nitro groups is 1. The molecule has 15 nitrogen and oxygen atoms in total. The molecule has 0 saturated carbocycles.